The predicted octanol–water partition coefficient (Wildman–Crippen LogP) is 5.49. The van der Waals surface area contributed by atoms with E-state index in [2.05, 4.69) is 62.7 Å². The van der Waals surface area contributed by atoms with Gasteiger partial charge in [0.25, 0.3) is 0 Å². The zero-order valence-electron chi connectivity index (χ0n) is 14.5. The maximum atomic E-state index is 5.43. The quantitative estimate of drug-likeness (QED) is 0.643. The van der Waals surface area contributed by atoms with Crippen LogP contribution >= 0.6 is 28.1 Å². The van der Waals surface area contributed by atoms with E-state index in [1.54, 1.807) is 0 Å². The Labute approximate surface area is 163 Å². The molecule has 2 N–H and O–H groups in total. The molecule has 2 aromatic rings. The monoisotopic (exact) mass is 417 g/mol. The molecule has 0 saturated carbocycles. The van der Waals surface area contributed by atoms with Crippen LogP contribution in [0.4, 0.5) is 11.4 Å². The molecule has 1 aliphatic heterocycles. The third-order valence-corrected chi connectivity index (χ3v) is 5.31. The fourth-order valence-corrected chi connectivity index (χ4v) is 3.67. The van der Waals surface area contributed by atoms with Gasteiger partial charge >= 0.3 is 0 Å². The Kier molecular flexibility index (Phi) is 6.32. The zero-order chi connectivity index (χ0) is 17.6. The Bertz CT molecular complexity index is 694. The van der Waals surface area contributed by atoms with Gasteiger partial charge in [-0.2, -0.15) is 0 Å². The summed E-state index contributed by atoms with van der Waals surface area (Å²) in [4.78, 5) is 2.48. The number of rotatable bonds is 4. The molecule has 0 bridgehead atoms. The van der Waals surface area contributed by atoms with Crippen LogP contribution in [0.25, 0.3) is 0 Å². The van der Waals surface area contributed by atoms with Crippen LogP contribution in [0.5, 0.6) is 0 Å². The molecular formula is C20H24BrN3S. The predicted molar refractivity (Wildman–Crippen MR) is 114 cm³/mol. The number of hydrogen-bond acceptors (Lipinski definition) is 2. The average Bonchev–Trinajstić information content (AvgIpc) is 2.64. The molecule has 5 heteroatoms. The minimum atomic E-state index is 0.158. The molecule has 25 heavy (non-hydrogen) atoms. The highest BCUT2D eigenvalue weighted by Gasteiger charge is 2.12. The van der Waals surface area contributed by atoms with Crippen LogP contribution in [-0.4, -0.2) is 18.2 Å². The van der Waals surface area contributed by atoms with Gasteiger partial charge in [-0.25, -0.2) is 0 Å². The molecule has 1 fully saturated rings. The summed E-state index contributed by atoms with van der Waals surface area (Å²) in [5, 5.41) is 7.21. The largest absolute Gasteiger partial charge is 0.372 e. The maximum Gasteiger partial charge on any atom is 0.171 e. The van der Waals surface area contributed by atoms with E-state index in [0.717, 1.165) is 10.2 Å². The summed E-state index contributed by atoms with van der Waals surface area (Å²) in [6.07, 6.45) is 3.96. The summed E-state index contributed by atoms with van der Waals surface area (Å²) in [7, 11) is 0. The van der Waals surface area contributed by atoms with Crippen molar-refractivity contribution in [3.05, 3.63) is 58.6 Å². The van der Waals surface area contributed by atoms with Gasteiger partial charge in [0.05, 0.1) is 6.04 Å². The van der Waals surface area contributed by atoms with Crippen molar-refractivity contribution in [1.82, 2.24) is 5.32 Å². The van der Waals surface area contributed by atoms with E-state index in [4.69, 9.17) is 12.2 Å². The number of halogens is 1. The fraction of sp³-hybridized carbons (Fsp3) is 0.350. The lowest BCUT2D eigenvalue weighted by atomic mass is 10.1. The Morgan fingerprint density at radius 3 is 2.28 bits per heavy atom. The normalized spacial score (nSPS) is 15.5. The van der Waals surface area contributed by atoms with Crippen molar-refractivity contribution < 1.29 is 0 Å². The topological polar surface area (TPSA) is 27.3 Å². The summed E-state index contributed by atoms with van der Waals surface area (Å²) in [6, 6.07) is 17.0. The molecule has 0 aliphatic carbocycles. The van der Waals surface area contributed by atoms with Crippen LogP contribution in [0.2, 0.25) is 0 Å². The molecule has 0 amide bonds. The standard InChI is InChI=1S/C20H24BrN3S/c1-15(22-20(25)23-18-9-7-17(21)8-10-18)16-5-11-19(12-6-16)24-13-3-2-4-14-24/h5-12,15H,2-4,13-14H2,1H3,(H2,22,23,25)/t15-/m1/s1. The Balaban J connectivity index is 1.55. The van der Waals surface area contributed by atoms with Gasteiger partial charge < -0.3 is 15.5 Å². The van der Waals surface area contributed by atoms with Crippen LogP contribution in [0, 0.1) is 0 Å². The van der Waals surface area contributed by atoms with Crippen molar-refractivity contribution >= 4 is 44.6 Å². The van der Waals surface area contributed by atoms with Crippen molar-refractivity contribution in [1.29, 1.82) is 0 Å². The van der Waals surface area contributed by atoms with Gasteiger partial charge in [0.1, 0.15) is 0 Å². The van der Waals surface area contributed by atoms with E-state index in [9.17, 15) is 0 Å². The number of anilines is 2. The van der Waals surface area contributed by atoms with E-state index in [0.29, 0.717) is 5.11 Å². The van der Waals surface area contributed by atoms with Crippen molar-refractivity contribution in [2.24, 2.45) is 0 Å². The number of hydrogen-bond donors (Lipinski definition) is 2. The van der Waals surface area contributed by atoms with Crippen LogP contribution in [-0.2, 0) is 0 Å². The van der Waals surface area contributed by atoms with E-state index in [1.165, 1.54) is 43.6 Å². The first-order valence-corrected chi connectivity index (χ1v) is 10.00. The molecule has 0 radical (unpaired) electrons. The van der Waals surface area contributed by atoms with Crippen LogP contribution in [0.3, 0.4) is 0 Å². The van der Waals surface area contributed by atoms with Crippen LogP contribution < -0.4 is 15.5 Å². The molecule has 3 rings (SSSR count). The Morgan fingerprint density at radius 2 is 1.64 bits per heavy atom. The molecule has 1 atom stereocenters. The molecule has 132 valence electrons. The third-order valence-electron chi connectivity index (χ3n) is 4.56. The summed E-state index contributed by atoms with van der Waals surface area (Å²) >= 11 is 8.87. The highest BCUT2D eigenvalue weighted by atomic mass is 79.9. The van der Waals surface area contributed by atoms with Crippen LogP contribution in [0.15, 0.2) is 53.0 Å². The van der Waals surface area contributed by atoms with Gasteiger partial charge in [-0.15, -0.1) is 0 Å². The fourth-order valence-electron chi connectivity index (χ4n) is 3.11. The zero-order valence-corrected chi connectivity index (χ0v) is 16.9. The summed E-state index contributed by atoms with van der Waals surface area (Å²) in [5.74, 6) is 0. The molecule has 0 unspecified atom stereocenters. The Hall–Kier alpha value is -1.59. The first-order chi connectivity index (χ1) is 12.1. The Morgan fingerprint density at radius 1 is 1.00 bits per heavy atom. The van der Waals surface area contributed by atoms with Gasteiger partial charge in [0.2, 0.25) is 0 Å². The highest BCUT2D eigenvalue weighted by Crippen LogP contribution is 2.22. The molecule has 0 spiro atoms. The maximum absolute atomic E-state index is 5.43. The number of nitrogens with one attached hydrogen (secondary N) is 2. The second kappa shape index (κ2) is 8.68. The van der Waals surface area contributed by atoms with E-state index >= 15 is 0 Å². The lowest BCUT2D eigenvalue weighted by Crippen LogP contribution is -2.31. The summed E-state index contributed by atoms with van der Waals surface area (Å²) in [5.41, 5.74) is 3.54. The number of nitrogens with zero attached hydrogens (tertiary/aromatic N) is 1. The van der Waals surface area contributed by atoms with Crippen LogP contribution in [0.1, 0.15) is 37.8 Å². The highest BCUT2D eigenvalue weighted by molar-refractivity contribution is 9.10. The minimum Gasteiger partial charge on any atom is -0.372 e. The van der Waals surface area contributed by atoms with Crippen molar-refractivity contribution in [3.63, 3.8) is 0 Å². The summed E-state index contributed by atoms with van der Waals surface area (Å²) < 4.78 is 1.05. The average molecular weight is 418 g/mol. The van der Waals surface area contributed by atoms with Crippen molar-refractivity contribution in [2.75, 3.05) is 23.3 Å². The van der Waals surface area contributed by atoms with Gasteiger partial charge in [0, 0.05) is 28.9 Å². The molecule has 1 saturated heterocycles. The number of piperidine rings is 1. The molecule has 1 aliphatic rings. The molecule has 1 heterocycles. The lowest BCUT2D eigenvalue weighted by molar-refractivity contribution is 0.577. The first-order valence-electron chi connectivity index (χ1n) is 8.80. The van der Waals surface area contributed by atoms with Gasteiger partial charge in [-0.1, -0.05) is 28.1 Å². The van der Waals surface area contributed by atoms with Gasteiger partial charge in [0.15, 0.2) is 5.11 Å². The SMILES string of the molecule is C[C@@H](NC(=S)Nc1ccc(Br)cc1)c1ccc(N2CCCCC2)cc1. The number of benzene rings is 2. The second-order valence-electron chi connectivity index (χ2n) is 6.47. The molecule has 2 aromatic carbocycles. The first kappa shape index (κ1) is 18.2. The third kappa shape index (κ3) is 5.19. The van der Waals surface area contributed by atoms with Crippen molar-refractivity contribution in [3.8, 4) is 0 Å². The van der Waals surface area contributed by atoms with E-state index < -0.39 is 0 Å². The lowest BCUT2D eigenvalue weighted by Gasteiger charge is -2.29. The van der Waals surface area contributed by atoms with Gasteiger partial charge in [-0.3, -0.25) is 0 Å². The molecule has 3 nitrogen and oxygen atoms in total. The van der Waals surface area contributed by atoms with E-state index in [1.807, 2.05) is 24.3 Å². The van der Waals surface area contributed by atoms with Crippen molar-refractivity contribution in [2.45, 2.75) is 32.2 Å². The minimum absolute atomic E-state index is 0.158. The number of thiocarbonyl (C=S) groups is 1. The molecule has 0 aromatic heterocycles. The molecular weight excluding hydrogens is 394 g/mol. The van der Waals surface area contributed by atoms with Gasteiger partial charge in [-0.05, 0) is 80.4 Å². The smallest absolute Gasteiger partial charge is 0.171 e. The van der Waals surface area contributed by atoms with E-state index in [-0.39, 0.29) is 6.04 Å². The second-order valence-corrected chi connectivity index (χ2v) is 7.79. The summed E-state index contributed by atoms with van der Waals surface area (Å²) in [6.45, 7) is 4.48.